The van der Waals surface area contributed by atoms with E-state index in [4.69, 9.17) is 4.74 Å². The van der Waals surface area contributed by atoms with Gasteiger partial charge in [-0.05, 0) is 19.1 Å². The second-order valence-electron chi connectivity index (χ2n) is 5.66. The Bertz CT molecular complexity index is 759. The lowest BCUT2D eigenvalue weighted by molar-refractivity contribution is -0.130. The Balaban J connectivity index is 1.63. The zero-order valence-electron chi connectivity index (χ0n) is 13.7. The molecule has 126 valence electrons. The van der Waals surface area contributed by atoms with E-state index in [1.807, 2.05) is 24.6 Å². The van der Waals surface area contributed by atoms with E-state index < -0.39 is 0 Å². The van der Waals surface area contributed by atoms with Gasteiger partial charge in [0.15, 0.2) is 6.61 Å². The number of thiazole rings is 1. The maximum Gasteiger partial charge on any atom is 0.265 e. The van der Waals surface area contributed by atoms with Gasteiger partial charge in [-0.15, -0.1) is 11.3 Å². The number of amides is 2. The number of carbonyl (C=O) groups excluding carboxylic acids is 2. The van der Waals surface area contributed by atoms with Gasteiger partial charge in [0.25, 0.3) is 5.91 Å². The third kappa shape index (κ3) is 3.41. The third-order valence-corrected chi connectivity index (χ3v) is 5.04. The van der Waals surface area contributed by atoms with Gasteiger partial charge in [-0.3, -0.25) is 14.5 Å². The molecule has 3 rings (SSSR count). The summed E-state index contributed by atoms with van der Waals surface area (Å²) in [7, 11) is 1.76. The number of fused-ring (bicyclic) bond motifs is 1. The first-order valence-electron chi connectivity index (χ1n) is 7.71. The van der Waals surface area contributed by atoms with Crippen molar-refractivity contribution in [2.75, 3.05) is 31.6 Å². The highest BCUT2D eigenvalue weighted by atomic mass is 32.1. The van der Waals surface area contributed by atoms with Gasteiger partial charge in [0.05, 0.1) is 16.9 Å². The van der Waals surface area contributed by atoms with Crippen LogP contribution in [-0.2, 0) is 16.0 Å². The smallest absolute Gasteiger partial charge is 0.265 e. The molecule has 0 unspecified atom stereocenters. The van der Waals surface area contributed by atoms with Gasteiger partial charge in [0.1, 0.15) is 12.3 Å². The van der Waals surface area contributed by atoms with Crippen molar-refractivity contribution in [1.82, 2.24) is 9.88 Å². The fourth-order valence-corrected chi connectivity index (χ4v) is 3.31. The molecular weight excluding hydrogens is 326 g/mol. The normalized spacial score (nSPS) is 13.4. The quantitative estimate of drug-likeness (QED) is 0.830. The molecule has 1 aromatic carbocycles. The van der Waals surface area contributed by atoms with Gasteiger partial charge in [0, 0.05) is 24.9 Å². The number of carbonyl (C=O) groups is 2. The number of likely N-dealkylation sites (N-methyl/N-ethyl adjacent to an activating group) is 1. The molecule has 0 bridgehead atoms. The van der Waals surface area contributed by atoms with Crippen LogP contribution in [0.1, 0.15) is 10.6 Å². The van der Waals surface area contributed by atoms with Crippen molar-refractivity contribution in [3.63, 3.8) is 0 Å². The van der Waals surface area contributed by atoms with Gasteiger partial charge >= 0.3 is 0 Å². The van der Waals surface area contributed by atoms with Crippen LogP contribution in [0.5, 0.6) is 5.75 Å². The number of para-hydroxylation sites is 2. The minimum Gasteiger partial charge on any atom is -0.482 e. The largest absolute Gasteiger partial charge is 0.482 e. The highest BCUT2D eigenvalue weighted by molar-refractivity contribution is 7.09. The number of anilines is 1. The van der Waals surface area contributed by atoms with Crippen molar-refractivity contribution in [2.24, 2.45) is 0 Å². The molecule has 1 aliphatic rings. The predicted octanol–water partition coefficient (Wildman–Crippen LogP) is 1.88. The molecule has 0 spiro atoms. The van der Waals surface area contributed by atoms with Crippen LogP contribution in [0.4, 0.5) is 5.69 Å². The minimum absolute atomic E-state index is 0.0252. The summed E-state index contributed by atoms with van der Waals surface area (Å²) in [5.41, 5.74) is 3.47. The molecule has 24 heavy (non-hydrogen) atoms. The summed E-state index contributed by atoms with van der Waals surface area (Å²) in [6.07, 6.45) is 0.770. The van der Waals surface area contributed by atoms with E-state index >= 15 is 0 Å². The van der Waals surface area contributed by atoms with Crippen molar-refractivity contribution in [3.05, 3.63) is 40.3 Å². The van der Waals surface area contributed by atoms with Crippen LogP contribution in [-0.4, -0.2) is 48.4 Å². The fourth-order valence-electron chi connectivity index (χ4n) is 2.54. The SMILES string of the molecule is Cc1ncsc1CCN(C)C(=O)CN1C(=O)COc2ccccc21. The van der Waals surface area contributed by atoms with Crippen LogP contribution < -0.4 is 9.64 Å². The number of hydrogen-bond donors (Lipinski definition) is 0. The molecule has 6 nitrogen and oxygen atoms in total. The van der Waals surface area contributed by atoms with Crippen molar-refractivity contribution in [3.8, 4) is 5.75 Å². The number of benzene rings is 1. The molecule has 7 heteroatoms. The maximum absolute atomic E-state index is 12.5. The van der Waals surface area contributed by atoms with E-state index in [1.165, 1.54) is 9.78 Å². The van der Waals surface area contributed by atoms with Crippen molar-refractivity contribution >= 4 is 28.8 Å². The number of ether oxygens (including phenoxy) is 1. The Kier molecular flexibility index (Phi) is 4.80. The molecule has 0 saturated carbocycles. The predicted molar refractivity (Wildman–Crippen MR) is 92.5 cm³/mol. The Morgan fingerprint density at radius 2 is 2.21 bits per heavy atom. The molecule has 2 amide bonds. The summed E-state index contributed by atoms with van der Waals surface area (Å²) in [6.45, 7) is 2.56. The summed E-state index contributed by atoms with van der Waals surface area (Å²) in [5.74, 6) is 0.337. The molecular formula is C17H19N3O3S. The molecule has 0 aliphatic carbocycles. The van der Waals surface area contributed by atoms with Gasteiger partial charge in [-0.25, -0.2) is 4.98 Å². The van der Waals surface area contributed by atoms with Gasteiger partial charge in [-0.1, -0.05) is 12.1 Å². The molecule has 0 radical (unpaired) electrons. The van der Waals surface area contributed by atoms with Gasteiger partial charge in [-0.2, -0.15) is 0 Å². The van der Waals surface area contributed by atoms with Crippen LogP contribution in [0.3, 0.4) is 0 Å². The molecule has 0 fully saturated rings. The Morgan fingerprint density at radius 3 is 2.96 bits per heavy atom. The highest BCUT2D eigenvalue weighted by Gasteiger charge is 2.27. The standard InChI is InChI=1S/C17H19N3O3S/c1-12-15(24-11-18-12)7-8-19(2)16(21)9-20-13-5-3-4-6-14(13)23-10-17(20)22/h3-6,11H,7-10H2,1-2H3. The van der Waals surface area contributed by atoms with Crippen molar-refractivity contribution in [1.29, 1.82) is 0 Å². The zero-order valence-corrected chi connectivity index (χ0v) is 14.5. The van der Waals surface area contributed by atoms with E-state index in [0.717, 1.165) is 12.1 Å². The molecule has 1 aliphatic heterocycles. The fraction of sp³-hybridized carbons (Fsp3) is 0.353. The summed E-state index contributed by atoms with van der Waals surface area (Å²) in [4.78, 5) is 33.2. The number of nitrogens with zero attached hydrogens (tertiary/aromatic N) is 3. The van der Waals surface area contributed by atoms with E-state index in [1.54, 1.807) is 35.4 Å². The van der Waals surface area contributed by atoms with Crippen molar-refractivity contribution in [2.45, 2.75) is 13.3 Å². The zero-order chi connectivity index (χ0) is 17.1. The van der Waals surface area contributed by atoms with Crippen LogP contribution in [0.15, 0.2) is 29.8 Å². The lowest BCUT2D eigenvalue weighted by Gasteiger charge is -2.30. The van der Waals surface area contributed by atoms with E-state index in [0.29, 0.717) is 18.0 Å². The molecule has 0 N–H and O–H groups in total. The lowest BCUT2D eigenvalue weighted by Crippen LogP contribution is -2.45. The Morgan fingerprint density at radius 1 is 1.42 bits per heavy atom. The molecule has 2 heterocycles. The van der Waals surface area contributed by atoms with Crippen LogP contribution in [0.25, 0.3) is 0 Å². The number of rotatable bonds is 5. The number of aryl methyl sites for hydroxylation is 1. The summed E-state index contributed by atoms with van der Waals surface area (Å²) in [5, 5.41) is 0. The van der Waals surface area contributed by atoms with Gasteiger partial charge in [0.2, 0.25) is 5.91 Å². The Labute approximate surface area is 144 Å². The lowest BCUT2D eigenvalue weighted by atomic mass is 10.2. The number of aromatic nitrogens is 1. The average molecular weight is 345 g/mol. The maximum atomic E-state index is 12.5. The van der Waals surface area contributed by atoms with E-state index in [-0.39, 0.29) is 25.0 Å². The molecule has 1 aromatic heterocycles. The summed E-state index contributed by atoms with van der Waals surface area (Å²) >= 11 is 1.60. The average Bonchev–Trinajstić information content (AvgIpc) is 3.00. The topological polar surface area (TPSA) is 62.7 Å². The van der Waals surface area contributed by atoms with Crippen LogP contribution >= 0.6 is 11.3 Å². The van der Waals surface area contributed by atoms with E-state index in [2.05, 4.69) is 4.98 Å². The third-order valence-electron chi connectivity index (χ3n) is 4.05. The Hall–Kier alpha value is -2.41. The summed E-state index contributed by atoms with van der Waals surface area (Å²) in [6, 6.07) is 7.27. The second kappa shape index (κ2) is 7.00. The van der Waals surface area contributed by atoms with E-state index in [9.17, 15) is 9.59 Å². The second-order valence-corrected chi connectivity index (χ2v) is 6.60. The highest BCUT2D eigenvalue weighted by Crippen LogP contribution is 2.31. The molecule has 0 saturated heterocycles. The van der Waals surface area contributed by atoms with Crippen molar-refractivity contribution < 1.29 is 14.3 Å². The molecule has 0 atom stereocenters. The van der Waals surface area contributed by atoms with Gasteiger partial charge < -0.3 is 9.64 Å². The first-order chi connectivity index (χ1) is 11.6. The first-order valence-corrected chi connectivity index (χ1v) is 8.59. The first kappa shape index (κ1) is 16.4. The minimum atomic E-state index is -0.200. The van der Waals surface area contributed by atoms with Crippen LogP contribution in [0, 0.1) is 6.92 Å². The monoisotopic (exact) mass is 345 g/mol. The summed E-state index contributed by atoms with van der Waals surface area (Å²) < 4.78 is 5.40. The van der Waals surface area contributed by atoms with Crippen LogP contribution in [0.2, 0.25) is 0 Å². The molecule has 2 aromatic rings. The number of hydrogen-bond acceptors (Lipinski definition) is 5.